The number of nitrogens with zero attached hydrogens (tertiary/aromatic N) is 2. The maximum Gasteiger partial charge on any atom is 0.265 e. The van der Waals surface area contributed by atoms with Crippen molar-refractivity contribution in [3.05, 3.63) is 113 Å². The molecule has 0 heterocycles. The van der Waals surface area contributed by atoms with Crippen LogP contribution in [-0.2, 0) is 32.6 Å². The predicted molar refractivity (Wildman–Crippen MR) is 186 cm³/mol. The summed E-state index contributed by atoms with van der Waals surface area (Å²) in [5.41, 5.74) is 0.864. The fraction of sp³-hybridized carbons (Fsp3) is 0.278. The van der Waals surface area contributed by atoms with Gasteiger partial charge in [0.05, 0.1) is 31.9 Å². The Morgan fingerprint density at radius 2 is 1.51 bits per heavy atom. The zero-order chi connectivity index (χ0) is 35.6. The first kappa shape index (κ1) is 37.0. The van der Waals surface area contributed by atoms with Gasteiger partial charge in [-0.2, -0.15) is 0 Å². The van der Waals surface area contributed by atoms with Gasteiger partial charge in [-0.1, -0.05) is 67.1 Å². The third-order valence-electron chi connectivity index (χ3n) is 7.75. The molecule has 0 aliphatic rings. The summed E-state index contributed by atoms with van der Waals surface area (Å²) in [5.74, 6) is -1.28. The lowest BCUT2D eigenvalue weighted by Crippen LogP contribution is -2.53. The zero-order valence-corrected chi connectivity index (χ0v) is 29.3. The van der Waals surface area contributed by atoms with Crippen LogP contribution >= 0.6 is 11.6 Å². The number of halogens is 2. The molecule has 0 aliphatic carbocycles. The Bertz CT molecular complexity index is 1860. The molecule has 13 heteroatoms. The van der Waals surface area contributed by atoms with Gasteiger partial charge in [-0.3, -0.25) is 13.9 Å². The average molecular weight is 712 g/mol. The van der Waals surface area contributed by atoms with Crippen molar-refractivity contribution >= 4 is 39.1 Å². The Morgan fingerprint density at radius 3 is 2.16 bits per heavy atom. The number of carbonyl (C=O) groups excluding carboxylic acids is 2. The number of carbonyl (C=O) groups is 2. The number of hydrogen-bond donors (Lipinski definition) is 1. The van der Waals surface area contributed by atoms with Crippen LogP contribution in [0.4, 0.5) is 10.1 Å². The molecule has 0 bridgehead atoms. The summed E-state index contributed by atoms with van der Waals surface area (Å²) in [5, 5.41) is 3.04. The average Bonchev–Trinajstić information content (AvgIpc) is 3.11. The first-order valence-electron chi connectivity index (χ1n) is 15.5. The third-order valence-corrected chi connectivity index (χ3v) is 9.74. The van der Waals surface area contributed by atoms with Crippen LogP contribution in [0.2, 0.25) is 5.02 Å². The van der Waals surface area contributed by atoms with E-state index in [9.17, 15) is 18.0 Å². The lowest BCUT2D eigenvalue weighted by molar-refractivity contribution is -0.140. The molecule has 4 rings (SSSR count). The number of amides is 2. The molecule has 0 spiro atoms. The van der Waals surface area contributed by atoms with E-state index >= 15 is 4.39 Å². The van der Waals surface area contributed by atoms with Gasteiger partial charge >= 0.3 is 0 Å². The van der Waals surface area contributed by atoms with E-state index in [4.69, 9.17) is 25.8 Å². The number of benzene rings is 4. The fourth-order valence-electron chi connectivity index (χ4n) is 5.21. The van der Waals surface area contributed by atoms with Gasteiger partial charge in [-0.15, -0.1) is 0 Å². The number of methoxy groups -OCH3 is 3. The molecular weight excluding hydrogens is 673 g/mol. The summed E-state index contributed by atoms with van der Waals surface area (Å²) in [7, 11) is -0.412. The van der Waals surface area contributed by atoms with Crippen LogP contribution in [0.3, 0.4) is 0 Å². The molecule has 10 nitrogen and oxygen atoms in total. The standard InChI is InChI=1S/C36H39ClFN3O7S/c1-5-19-39-36(43)31(20-25-11-7-6-8-12-25)40(23-26-13-9-10-14-29(26)38)35(42)24-41(30-21-27(37)15-17-32(30)46-2)49(44,45)28-16-18-33(47-3)34(22-28)48-4/h6-18,21-22,31H,5,19-20,23-24H2,1-4H3,(H,39,43)/t31-/m0/s1. The zero-order valence-electron chi connectivity index (χ0n) is 27.7. The molecule has 0 aliphatic heterocycles. The highest BCUT2D eigenvalue weighted by molar-refractivity contribution is 7.92. The molecule has 260 valence electrons. The normalized spacial score (nSPS) is 11.7. The first-order valence-corrected chi connectivity index (χ1v) is 17.3. The highest BCUT2D eigenvalue weighted by atomic mass is 35.5. The maximum atomic E-state index is 15.1. The number of sulfonamides is 1. The van der Waals surface area contributed by atoms with Gasteiger partial charge in [0.15, 0.2) is 11.5 Å². The van der Waals surface area contributed by atoms with E-state index in [0.29, 0.717) is 18.7 Å². The smallest absolute Gasteiger partial charge is 0.265 e. The number of nitrogens with one attached hydrogen (secondary N) is 1. The van der Waals surface area contributed by atoms with Gasteiger partial charge in [0.25, 0.3) is 10.0 Å². The highest BCUT2D eigenvalue weighted by Gasteiger charge is 2.36. The second kappa shape index (κ2) is 17.0. The minimum Gasteiger partial charge on any atom is -0.495 e. The summed E-state index contributed by atoms with van der Waals surface area (Å²) >= 11 is 6.35. The lowest BCUT2D eigenvalue weighted by Gasteiger charge is -2.34. The fourth-order valence-corrected chi connectivity index (χ4v) is 6.80. The van der Waals surface area contributed by atoms with Crippen LogP contribution in [-0.4, -0.2) is 65.6 Å². The molecule has 2 amide bonds. The molecule has 4 aromatic rings. The lowest BCUT2D eigenvalue weighted by atomic mass is 10.0. The third kappa shape index (κ3) is 9.01. The second-order valence-electron chi connectivity index (χ2n) is 11.0. The van der Waals surface area contributed by atoms with E-state index in [1.54, 1.807) is 6.07 Å². The van der Waals surface area contributed by atoms with Gasteiger partial charge in [0.1, 0.15) is 24.2 Å². The van der Waals surface area contributed by atoms with Crippen LogP contribution in [0.5, 0.6) is 17.2 Å². The molecule has 0 saturated carbocycles. The summed E-state index contributed by atoms with van der Waals surface area (Å²) in [6.07, 6.45) is 0.719. The first-order chi connectivity index (χ1) is 23.5. The van der Waals surface area contributed by atoms with Gasteiger partial charge in [-0.05, 0) is 48.4 Å². The van der Waals surface area contributed by atoms with Crippen LogP contribution in [0.25, 0.3) is 0 Å². The van der Waals surface area contributed by atoms with E-state index in [2.05, 4.69) is 5.32 Å². The number of hydrogen-bond acceptors (Lipinski definition) is 7. The Hall–Kier alpha value is -4.81. The summed E-state index contributed by atoms with van der Waals surface area (Å²) in [4.78, 5) is 29.4. The number of rotatable bonds is 16. The summed E-state index contributed by atoms with van der Waals surface area (Å²) in [6, 6.07) is 22.2. The van der Waals surface area contributed by atoms with Crippen molar-refractivity contribution in [1.82, 2.24) is 10.2 Å². The van der Waals surface area contributed by atoms with Crippen LogP contribution < -0.4 is 23.8 Å². The molecule has 0 aromatic heterocycles. The molecule has 0 saturated heterocycles. The van der Waals surface area contributed by atoms with Crippen molar-refractivity contribution < 1.29 is 36.6 Å². The van der Waals surface area contributed by atoms with E-state index < -0.39 is 40.2 Å². The van der Waals surface area contributed by atoms with Gasteiger partial charge in [-0.25, -0.2) is 12.8 Å². The van der Waals surface area contributed by atoms with Crippen molar-refractivity contribution in [3.63, 3.8) is 0 Å². The minimum atomic E-state index is -4.55. The maximum absolute atomic E-state index is 15.1. The highest BCUT2D eigenvalue weighted by Crippen LogP contribution is 2.37. The Balaban J connectivity index is 1.88. The molecule has 0 fully saturated rings. The molecule has 0 radical (unpaired) electrons. The largest absolute Gasteiger partial charge is 0.495 e. The molecule has 1 atom stereocenters. The van der Waals surface area contributed by atoms with E-state index in [-0.39, 0.29) is 45.6 Å². The van der Waals surface area contributed by atoms with E-state index in [0.717, 1.165) is 9.87 Å². The Morgan fingerprint density at radius 1 is 0.857 bits per heavy atom. The molecule has 0 unspecified atom stereocenters. The van der Waals surface area contributed by atoms with Gasteiger partial charge < -0.3 is 24.4 Å². The molecule has 4 aromatic carbocycles. The second-order valence-corrected chi connectivity index (χ2v) is 13.3. The molecular formula is C36H39ClFN3O7S. The predicted octanol–water partition coefficient (Wildman–Crippen LogP) is 5.87. The van der Waals surface area contributed by atoms with Crippen LogP contribution in [0.15, 0.2) is 95.9 Å². The van der Waals surface area contributed by atoms with Crippen molar-refractivity contribution in [2.24, 2.45) is 0 Å². The van der Waals surface area contributed by atoms with E-state index in [1.165, 1.54) is 80.8 Å². The van der Waals surface area contributed by atoms with Crippen molar-refractivity contribution in [3.8, 4) is 17.2 Å². The van der Waals surface area contributed by atoms with Crippen molar-refractivity contribution in [2.75, 3.05) is 38.7 Å². The van der Waals surface area contributed by atoms with Crippen molar-refractivity contribution in [1.29, 1.82) is 0 Å². The monoisotopic (exact) mass is 711 g/mol. The quantitative estimate of drug-likeness (QED) is 0.155. The van der Waals surface area contributed by atoms with Gasteiger partial charge in [0.2, 0.25) is 11.8 Å². The summed E-state index contributed by atoms with van der Waals surface area (Å²) < 4.78 is 61.2. The van der Waals surface area contributed by atoms with Crippen molar-refractivity contribution in [2.45, 2.75) is 37.2 Å². The Labute approximate surface area is 291 Å². The topological polar surface area (TPSA) is 114 Å². The van der Waals surface area contributed by atoms with Crippen LogP contribution in [0, 0.1) is 5.82 Å². The minimum absolute atomic E-state index is 0.0287. The number of anilines is 1. The number of ether oxygens (including phenoxy) is 3. The molecule has 1 N–H and O–H groups in total. The SMILES string of the molecule is CCCNC(=O)[C@H](Cc1ccccc1)N(Cc1ccccc1F)C(=O)CN(c1cc(Cl)ccc1OC)S(=O)(=O)c1ccc(OC)c(OC)c1. The summed E-state index contributed by atoms with van der Waals surface area (Å²) in [6.45, 7) is 1.11. The Kier molecular flexibility index (Phi) is 12.9. The van der Waals surface area contributed by atoms with E-state index in [1.807, 2.05) is 37.3 Å². The molecule has 49 heavy (non-hydrogen) atoms. The van der Waals surface area contributed by atoms with Gasteiger partial charge in [0, 0.05) is 36.2 Å². The van der Waals surface area contributed by atoms with Crippen LogP contribution in [0.1, 0.15) is 24.5 Å².